The van der Waals surface area contributed by atoms with E-state index in [4.69, 9.17) is 10.3 Å². The highest BCUT2D eigenvalue weighted by atomic mass is 16.5. The van der Waals surface area contributed by atoms with Crippen LogP contribution in [0.1, 0.15) is 37.2 Å². The molecule has 0 aliphatic heterocycles. The maximum Gasteiger partial charge on any atom is 0.261 e. The first-order valence-corrected chi connectivity index (χ1v) is 6.22. The molecule has 2 heterocycles. The van der Waals surface area contributed by atoms with Crippen molar-refractivity contribution in [3.63, 3.8) is 0 Å². The van der Waals surface area contributed by atoms with Gasteiger partial charge in [0.2, 0.25) is 0 Å². The largest absolute Gasteiger partial charge is 0.334 e. The maximum absolute atomic E-state index is 6.31. The predicted molar refractivity (Wildman–Crippen MR) is 65.6 cm³/mol. The lowest BCUT2D eigenvalue weighted by atomic mass is 9.99. The number of nitrogens with two attached hydrogens (primary N) is 1. The minimum Gasteiger partial charge on any atom is -0.334 e. The minimum atomic E-state index is -0.405. The number of aryl methyl sites for hydroxylation is 1. The van der Waals surface area contributed by atoms with E-state index in [-0.39, 0.29) is 0 Å². The molecule has 3 rings (SSSR count). The van der Waals surface area contributed by atoms with Crippen LogP contribution in [-0.4, -0.2) is 19.9 Å². The molecule has 1 aliphatic carbocycles. The van der Waals surface area contributed by atoms with E-state index in [9.17, 15) is 0 Å². The molecule has 2 aromatic rings. The van der Waals surface area contributed by atoms with Crippen LogP contribution in [-0.2, 0) is 12.6 Å². The lowest BCUT2D eigenvalue weighted by Crippen LogP contribution is -2.34. The van der Waals surface area contributed by atoms with Crippen LogP contribution in [0.3, 0.4) is 0 Å². The van der Waals surface area contributed by atoms with Crippen molar-refractivity contribution in [1.29, 1.82) is 0 Å². The molecule has 6 heteroatoms. The molecule has 0 saturated heterocycles. The Bertz CT molecular complexity index is 565. The summed E-state index contributed by atoms with van der Waals surface area (Å²) in [5.41, 5.74) is 7.78. The molecule has 96 valence electrons. The van der Waals surface area contributed by atoms with Crippen LogP contribution < -0.4 is 5.73 Å². The zero-order chi connectivity index (χ0) is 12.8. The van der Waals surface area contributed by atoms with Gasteiger partial charge in [0.05, 0.1) is 17.3 Å². The Labute approximate surface area is 105 Å². The molecule has 0 atom stereocenters. The quantitative estimate of drug-likeness (QED) is 0.869. The molecule has 0 amide bonds. The second-order valence-corrected chi connectivity index (χ2v) is 5.05. The zero-order valence-corrected chi connectivity index (χ0v) is 10.7. The van der Waals surface area contributed by atoms with Gasteiger partial charge in [-0.1, -0.05) is 18.0 Å². The molecule has 0 radical (unpaired) electrons. The van der Waals surface area contributed by atoms with Crippen LogP contribution in [0.25, 0.3) is 11.5 Å². The molecule has 0 aromatic carbocycles. The van der Waals surface area contributed by atoms with Crippen LogP contribution in [0.4, 0.5) is 0 Å². The normalized spacial score (nSPS) is 18.4. The summed E-state index contributed by atoms with van der Waals surface area (Å²) < 4.78 is 7.11. The molecule has 6 nitrogen and oxygen atoms in total. The first-order chi connectivity index (χ1) is 8.60. The monoisotopic (exact) mass is 247 g/mol. The molecule has 18 heavy (non-hydrogen) atoms. The summed E-state index contributed by atoms with van der Waals surface area (Å²) in [5.74, 6) is 1.13. The van der Waals surface area contributed by atoms with Crippen LogP contribution in [0.15, 0.2) is 10.7 Å². The summed E-state index contributed by atoms with van der Waals surface area (Å²) in [5, 5.41) is 8.22. The summed E-state index contributed by atoms with van der Waals surface area (Å²) in [6.07, 6.45) is 5.86. The van der Waals surface area contributed by atoms with Gasteiger partial charge in [0, 0.05) is 12.7 Å². The van der Waals surface area contributed by atoms with Gasteiger partial charge in [-0.25, -0.2) is 0 Å². The summed E-state index contributed by atoms with van der Waals surface area (Å²) in [7, 11) is 1.89. The van der Waals surface area contributed by atoms with Gasteiger partial charge in [0.1, 0.15) is 0 Å². The fourth-order valence-corrected chi connectivity index (χ4v) is 2.47. The summed E-state index contributed by atoms with van der Waals surface area (Å²) >= 11 is 0. The van der Waals surface area contributed by atoms with Gasteiger partial charge in [-0.15, -0.1) is 0 Å². The number of nitrogens with zero attached hydrogens (tertiary/aromatic N) is 4. The summed E-state index contributed by atoms with van der Waals surface area (Å²) in [6, 6.07) is 0. The molecule has 0 spiro atoms. The Hall–Kier alpha value is -1.69. The Balaban J connectivity index is 1.97. The predicted octanol–water partition coefficient (Wildman–Crippen LogP) is 1.51. The Morgan fingerprint density at radius 2 is 2.11 bits per heavy atom. The number of hydrogen-bond acceptors (Lipinski definition) is 5. The van der Waals surface area contributed by atoms with E-state index in [1.165, 1.54) is 0 Å². The highest BCUT2D eigenvalue weighted by Crippen LogP contribution is 2.35. The van der Waals surface area contributed by atoms with Crippen molar-refractivity contribution in [1.82, 2.24) is 19.9 Å². The average Bonchev–Trinajstić information content (AvgIpc) is 3.03. The fraction of sp³-hybridized carbons (Fsp3) is 0.583. The third-order valence-corrected chi connectivity index (χ3v) is 3.83. The van der Waals surface area contributed by atoms with Crippen molar-refractivity contribution in [2.24, 2.45) is 12.8 Å². The van der Waals surface area contributed by atoms with Gasteiger partial charge in [0.15, 0.2) is 5.82 Å². The maximum atomic E-state index is 6.31. The first-order valence-electron chi connectivity index (χ1n) is 6.22. The van der Waals surface area contributed by atoms with E-state index in [0.29, 0.717) is 11.7 Å². The van der Waals surface area contributed by atoms with Crippen LogP contribution in [0, 0.1) is 6.92 Å². The smallest absolute Gasteiger partial charge is 0.261 e. The highest BCUT2D eigenvalue weighted by molar-refractivity contribution is 5.54. The standard InChI is InChI=1S/C12H17N5O/c1-8-9(7-14-17(8)2)10-15-11(16-18-10)12(13)5-3-4-6-12/h7H,3-6,13H2,1-2H3. The van der Waals surface area contributed by atoms with Gasteiger partial charge in [-0.2, -0.15) is 10.1 Å². The minimum absolute atomic E-state index is 0.405. The molecule has 0 unspecified atom stereocenters. The second-order valence-electron chi connectivity index (χ2n) is 5.05. The molecule has 2 N–H and O–H groups in total. The van der Waals surface area contributed by atoms with Gasteiger partial charge < -0.3 is 10.3 Å². The van der Waals surface area contributed by atoms with Crippen molar-refractivity contribution in [3.8, 4) is 11.5 Å². The zero-order valence-electron chi connectivity index (χ0n) is 10.7. The van der Waals surface area contributed by atoms with Crippen LogP contribution in [0.5, 0.6) is 0 Å². The third kappa shape index (κ3) is 1.64. The van der Waals surface area contributed by atoms with E-state index in [1.54, 1.807) is 10.9 Å². The summed E-state index contributed by atoms with van der Waals surface area (Å²) in [6.45, 7) is 1.97. The van der Waals surface area contributed by atoms with Crippen molar-refractivity contribution in [2.45, 2.75) is 38.1 Å². The topological polar surface area (TPSA) is 82.8 Å². The van der Waals surface area contributed by atoms with Gasteiger partial charge in [-0.05, 0) is 19.8 Å². The SMILES string of the molecule is Cc1c(-c2nc(C3(N)CCCC3)no2)cnn1C. The Morgan fingerprint density at radius 3 is 2.72 bits per heavy atom. The van der Waals surface area contributed by atoms with Gasteiger partial charge >= 0.3 is 0 Å². The Morgan fingerprint density at radius 1 is 1.39 bits per heavy atom. The van der Waals surface area contributed by atoms with Crippen LogP contribution in [0.2, 0.25) is 0 Å². The highest BCUT2D eigenvalue weighted by Gasteiger charge is 2.36. The second kappa shape index (κ2) is 3.91. The van der Waals surface area contributed by atoms with E-state index in [1.807, 2.05) is 14.0 Å². The van der Waals surface area contributed by atoms with E-state index < -0.39 is 5.54 Å². The van der Waals surface area contributed by atoms with Crippen molar-refractivity contribution < 1.29 is 4.52 Å². The fourth-order valence-electron chi connectivity index (χ4n) is 2.47. The molecular weight excluding hydrogens is 230 g/mol. The molecule has 1 fully saturated rings. The van der Waals surface area contributed by atoms with Crippen molar-refractivity contribution >= 4 is 0 Å². The number of hydrogen-bond donors (Lipinski definition) is 1. The van der Waals surface area contributed by atoms with E-state index in [0.717, 1.165) is 36.9 Å². The molecule has 1 aliphatic rings. The number of rotatable bonds is 2. The average molecular weight is 247 g/mol. The molecular formula is C12H17N5O. The van der Waals surface area contributed by atoms with Crippen molar-refractivity contribution in [2.75, 3.05) is 0 Å². The third-order valence-electron chi connectivity index (χ3n) is 3.83. The molecule has 0 bridgehead atoms. The molecule has 1 saturated carbocycles. The number of aromatic nitrogens is 4. The van der Waals surface area contributed by atoms with E-state index >= 15 is 0 Å². The first kappa shape index (κ1) is 11.4. The summed E-state index contributed by atoms with van der Waals surface area (Å²) in [4.78, 5) is 4.45. The lowest BCUT2D eigenvalue weighted by molar-refractivity contribution is 0.372. The van der Waals surface area contributed by atoms with E-state index in [2.05, 4.69) is 15.2 Å². The Kier molecular flexibility index (Phi) is 2.48. The molecule has 2 aromatic heterocycles. The van der Waals surface area contributed by atoms with Gasteiger partial charge in [-0.3, -0.25) is 4.68 Å². The van der Waals surface area contributed by atoms with Crippen molar-refractivity contribution in [3.05, 3.63) is 17.7 Å². The van der Waals surface area contributed by atoms with Gasteiger partial charge in [0.25, 0.3) is 5.89 Å². The van der Waals surface area contributed by atoms with Crippen LogP contribution >= 0.6 is 0 Å². The lowest BCUT2D eigenvalue weighted by Gasteiger charge is -2.17.